The molecule has 1 heterocycles. The van der Waals surface area contributed by atoms with Crippen molar-refractivity contribution < 1.29 is 9.53 Å². The maximum absolute atomic E-state index is 11.9. The minimum absolute atomic E-state index is 0.0317. The first-order valence-electron chi connectivity index (χ1n) is 7.35. The number of H-pyrrole nitrogens is 1. The summed E-state index contributed by atoms with van der Waals surface area (Å²) in [6.45, 7) is 0.446. The lowest BCUT2D eigenvalue weighted by atomic mass is 9.91. The predicted octanol–water partition coefficient (Wildman–Crippen LogP) is 3.48. The molecule has 4 nitrogen and oxygen atoms in total. The number of ether oxygens (including phenoxy) is 1. The standard InChI is InChI=1S/C16H18Cl2N2O2/c1-22-5-4-15(21)19-10-2-3-13-11(8-10)16-12(18)6-9(17)7-14(16)20-13/h6-7,10,20H,2-5,8H2,1H3,(H,19,21). The summed E-state index contributed by atoms with van der Waals surface area (Å²) >= 11 is 12.4. The van der Waals surface area contributed by atoms with Gasteiger partial charge in [-0.25, -0.2) is 0 Å². The summed E-state index contributed by atoms with van der Waals surface area (Å²) in [5.41, 5.74) is 3.36. The third-order valence-electron chi connectivity index (χ3n) is 4.10. The summed E-state index contributed by atoms with van der Waals surface area (Å²) < 4.78 is 4.93. The Hall–Kier alpha value is -1.23. The van der Waals surface area contributed by atoms with Crippen molar-refractivity contribution in [3.63, 3.8) is 0 Å². The minimum atomic E-state index is 0.0317. The number of hydrogen-bond donors (Lipinski definition) is 2. The summed E-state index contributed by atoms with van der Waals surface area (Å²) in [7, 11) is 1.60. The van der Waals surface area contributed by atoms with Crippen LogP contribution in [0.5, 0.6) is 0 Å². The van der Waals surface area contributed by atoms with Crippen LogP contribution in [-0.2, 0) is 22.4 Å². The number of carbonyl (C=O) groups excluding carboxylic acids is 1. The summed E-state index contributed by atoms with van der Waals surface area (Å²) in [5, 5.41) is 5.39. The van der Waals surface area contributed by atoms with Gasteiger partial charge in [0.05, 0.1) is 11.6 Å². The SMILES string of the molecule is COCCC(=O)NC1CCc2[nH]c3cc(Cl)cc(Cl)c3c2C1. The molecule has 1 unspecified atom stereocenters. The van der Waals surface area contributed by atoms with Gasteiger partial charge in [-0.05, 0) is 37.0 Å². The van der Waals surface area contributed by atoms with E-state index in [-0.39, 0.29) is 11.9 Å². The predicted molar refractivity (Wildman–Crippen MR) is 88.8 cm³/mol. The Morgan fingerprint density at radius 2 is 2.27 bits per heavy atom. The number of amides is 1. The molecule has 1 aliphatic carbocycles. The lowest BCUT2D eigenvalue weighted by Gasteiger charge is -2.23. The largest absolute Gasteiger partial charge is 0.384 e. The number of fused-ring (bicyclic) bond motifs is 3. The number of methoxy groups -OCH3 is 1. The summed E-state index contributed by atoms with van der Waals surface area (Å²) in [6, 6.07) is 3.80. The van der Waals surface area contributed by atoms with Crippen LogP contribution in [0.3, 0.4) is 0 Å². The number of hydrogen-bond acceptors (Lipinski definition) is 2. The molecule has 22 heavy (non-hydrogen) atoms. The van der Waals surface area contributed by atoms with Gasteiger partial charge in [-0.1, -0.05) is 23.2 Å². The molecule has 0 saturated carbocycles. The van der Waals surface area contributed by atoms with E-state index in [2.05, 4.69) is 10.3 Å². The molecule has 3 rings (SSSR count). The van der Waals surface area contributed by atoms with E-state index in [9.17, 15) is 4.79 Å². The Morgan fingerprint density at radius 3 is 3.05 bits per heavy atom. The Bertz CT molecular complexity index is 712. The molecule has 0 saturated heterocycles. The summed E-state index contributed by atoms with van der Waals surface area (Å²) in [5.74, 6) is 0.0317. The second-order valence-electron chi connectivity index (χ2n) is 5.64. The second-order valence-corrected chi connectivity index (χ2v) is 6.49. The number of nitrogens with one attached hydrogen (secondary N) is 2. The first kappa shape index (κ1) is 15.7. The Morgan fingerprint density at radius 1 is 1.45 bits per heavy atom. The Labute approximate surface area is 139 Å². The quantitative estimate of drug-likeness (QED) is 0.895. The molecule has 0 spiro atoms. The van der Waals surface area contributed by atoms with Gasteiger partial charge >= 0.3 is 0 Å². The van der Waals surface area contributed by atoms with Crippen molar-refractivity contribution in [2.75, 3.05) is 13.7 Å². The molecule has 2 aromatic rings. The molecular weight excluding hydrogens is 323 g/mol. The van der Waals surface area contributed by atoms with Gasteiger partial charge in [0.15, 0.2) is 0 Å². The van der Waals surface area contributed by atoms with Crippen LogP contribution in [0.15, 0.2) is 12.1 Å². The van der Waals surface area contributed by atoms with Crippen LogP contribution in [0.25, 0.3) is 10.9 Å². The summed E-state index contributed by atoms with van der Waals surface area (Å²) in [6.07, 6.45) is 3.00. The molecule has 2 N–H and O–H groups in total. The molecular formula is C16H18Cl2N2O2. The highest BCUT2D eigenvalue weighted by molar-refractivity contribution is 6.38. The van der Waals surface area contributed by atoms with Gasteiger partial charge < -0.3 is 15.0 Å². The van der Waals surface area contributed by atoms with Gasteiger partial charge in [0, 0.05) is 41.2 Å². The maximum atomic E-state index is 11.9. The highest BCUT2D eigenvalue weighted by Gasteiger charge is 2.24. The Balaban J connectivity index is 1.82. The van der Waals surface area contributed by atoms with Gasteiger partial charge in [0.1, 0.15) is 0 Å². The van der Waals surface area contributed by atoms with E-state index < -0.39 is 0 Å². The van der Waals surface area contributed by atoms with Gasteiger partial charge in [0.2, 0.25) is 5.91 Å². The van der Waals surface area contributed by atoms with Crippen molar-refractivity contribution in [3.8, 4) is 0 Å². The van der Waals surface area contributed by atoms with Crippen molar-refractivity contribution in [1.82, 2.24) is 10.3 Å². The van der Waals surface area contributed by atoms with E-state index >= 15 is 0 Å². The van der Waals surface area contributed by atoms with Crippen molar-refractivity contribution in [2.45, 2.75) is 31.7 Å². The highest BCUT2D eigenvalue weighted by atomic mass is 35.5. The zero-order valence-corrected chi connectivity index (χ0v) is 13.9. The number of benzene rings is 1. The topological polar surface area (TPSA) is 54.1 Å². The first-order chi connectivity index (χ1) is 10.6. The third kappa shape index (κ3) is 3.09. The van der Waals surface area contributed by atoms with Gasteiger partial charge in [0.25, 0.3) is 0 Å². The van der Waals surface area contributed by atoms with Crippen LogP contribution in [0.1, 0.15) is 24.1 Å². The number of aromatic nitrogens is 1. The molecule has 1 aromatic carbocycles. The molecule has 1 aromatic heterocycles. The summed E-state index contributed by atoms with van der Waals surface area (Å²) in [4.78, 5) is 15.3. The smallest absolute Gasteiger partial charge is 0.222 e. The normalized spacial score (nSPS) is 17.5. The van der Waals surface area contributed by atoms with E-state index in [0.717, 1.165) is 30.2 Å². The lowest BCUT2D eigenvalue weighted by molar-refractivity contribution is -0.122. The number of rotatable bonds is 4. The molecule has 6 heteroatoms. The zero-order chi connectivity index (χ0) is 15.7. The van der Waals surface area contributed by atoms with Crippen LogP contribution in [0.4, 0.5) is 0 Å². The van der Waals surface area contributed by atoms with Crippen LogP contribution in [0, 0.1) is 0 Å². The van der Waals surface area contributed by atoms with E-state index in [1.807, 2.05) is 6.07 Å². The van der Waals surface area contributed by atoms with E-state index in [1.165, 1.54) is 11.3 Å². The van der Waals surface area contributed by atoms with Gasteiger partial charge in [-0.3, -0.25) is 4.79 Å². The van der Waals surface area contributed by atoms with Gasteiger partial charge in [-0.2, -0.15) is 0 Å². The number of carbonyl (C=O) groups is 1. The van der Waals surface area contributed by atoms with E-state index in [0.29, 0.717) is 23.1 Å². The molecule has 1 amide bonds. The van der Waals surface area contributed by atoms with Crippen molar-refractivity contribution in [2.24, 2.45) is 0 Å². The van der Waals surface area contributed by atoms with E-state index in [1.54, 1.807) is 13.2 Å². The fourth-order valence-electron chi connectivity index (χ4n) is 3.09. The number of aromatic amines is 1. The highest BCUT2D eigenvalue weighted by Crippen LogP contribution is 2.35. The zero-order valence-electron chi connectivity index (χ0n) is 12.3. The molecule has 0 bridgehead atoms. The van der Waals surface area contributed by atoms with Crippen LogP contribution >= 0.6 is 23.2 Å². The van der Waals surface area contributed by atoms with Crippen LogP contribution in [-0.4, -0.2) is 30.6 Å². The van der Waals surface area contributed by atoms with Crippen LogP contribution in [0.2, 0.25) is 10.0 Å². The molecule has 1 aliphatic rings. The minimum Gasteiger partial charge on any atom is -0.384 e. The fraction of sp³-hybridized carbons (Fsp3) is 0.438. The van der Waals surface area contributed by atoms with Crippen molar-refractivity contribution >= 4 is 40.0 Å². The average molecular weight is 341 g/mol. The lowest BCUT2D eigenvalue weighted by Crippen LogP contribution is -2.39. The Kier molecular flexibility index (Phi) is 4.62. The number of aryl methyl sites for hydroxylation is 1. The number of halogens is 2. The fourth-order valence-corrected chi connectivity index (χ4v) is 3.70. The average Bonchev–Trinajstić information content (AvgIpc) is 2.82. The van der Waals surface area contributed by atoms with Crippen LogP contribution < -0.4 is 5.32 Å². The van der Waals surface area contributed by atoms with E-state index in [4.69, 9.17) is 27.9 Å². The second kappa shape index (κ2) is 6.49. The molecule has 118 valence electrons. The maximum Gasteiger partial charge on any atom is 0.222 e. The van der Waals surface area contributed by atoms with Crippen molar-refractivity contribution in [1.29, 1.82) is 0 Å². The monoisotopic (exact) mass is 340 g/mol. The molecule has 0 radical (unpaired) electrons. The van der Waals surface area contributed by atoms with Gasteiger partial charge in [-0.15, -0.1) is 0 Å². The third-order valence-corrected chi connectivity index (χ3v) is 4.61. The van der Waals surface area contributed by atoms with Crippen molar-refractivity contribution in [3.05, 3.63) is 33.4 Å². The molecule has 1 atom stereocenters. The molecule has 0 aliphatic heterocycles. The first-order valence-corrected chi connectivity index (χ1v) is 8.11. The molecule has 0 fully saturated rings.